The van der Waals surface area contributed by atoms with Crippen LogP contribution in [0.3, 0.4) is 0 Å². The Morgan fingerprint density at radius 1 is 1.09 bits per heavy atom. The van der Waals surface area contributed by atoms with Crippen LogP contribution in [0.15, 0.2) is 48.5 Å². The fourth-order valence-corrected chi connectivity index (χ4v) is 2.64. The van der Waals surface area contributed by atoms with Crippen LogP contribution < -0.4 is 10.1 Å². The van der Waals surface area contributed by atoms with Gasteiger partial charge in [0.05, 0.1) is 6.04 Å². The van der Waals surface area contributed by atoms with Crippen LogP contribution in [0.25, 0.3) is 0 Å². The summed E-state index contributed by atoms with van der Waals surface area (Å²) >= 11 is 0. The maximum Gasteiger partial charge on any atom is 0.258 e. The maximum atomic E-state index is 12.0. The van der Waals surface area contributed by atoms with Crippen molar-refractivity contribution in [2.75, 3.05) is 6.61 Å². The fraction of sp³-hybridized carbons (Fsp3) is 0.350. The minimum Gasteiger partial charge on any atom is -0.484 e. The summed E-state index contributed by atoms with van der Waals surface area (Å²) in [5.74, 6) is 1.10. The molecule has 0 heterocycles. The van der Waals surface area contributed by atoms with Gasteiger partial charge in [-0.25, -0.2) is 0 Å². The van der Waals surface area contributed by atoms with E-state index in [0.29, 0.717) is 5.92 Å². The Hall–Kier alpha value is -2.29. The van der Waals surface area contributed by atoms with Gasteiger partial charge in [0.1, 0.15) is 5.75 Å². The number of hydrogen-bond donors (Lipinski definition) is 1. The average molecular weight is 311 g/mol. The maximum absolute atomic E-state index is 12.0. The van der Waals surface area contributed by atoms with Crippen LogP contribution in [0, 0.1) is 6.92 Å². The van der Waals surface area contributed by atoms with E-state index in [1.54, 1.807) is 0 Å². The summed E-state index contributed by atoms with van der Waals surface area (Å²) in [7, 11) is 0. The van der Waals surface area contributed by atoms with E-state index in [-0.39, 0.29) is 18.6 Å². The molecule has 0 bridgehead atoms. The minimum atomic E-state index is -0.119. The van der Waals surface area contributed by atoms with E-state index in [9.17, 15) is 4.79 Å². The first-order valence-electron chi connectivity index (χ1n) is 8.05. The Labute approximate surface area is 138 Å². The van der Waals surface area contributed by atoms with Gasteiger partial charge in [-0.15, -0.1) is 0 Å². The molecule has 2 aromatic carbocycles. The molecule has 1 amide bonds. The second kappa shape index (κ2) is 7.82. The molecule has 2 rings (SSSR count). The highest BCUT2D eigenvalue weighted by Crippen LogP contribution is 2.23. The van der Waals surface area contributed by atoms with Gasteiger partial charge in [0.2, 0.25) is 0 Å². The molecule has 2 aromatic rings. The van der Waals surface area contributed by atoms with E-state index in [1.807, 2.05) is 49.4 Å². The van der Waals surface area contributed by atoms with Crippen molar-refractivity contribution >= 4 is 5.91 Å². The van der Waals surface area contributed by atoms with Crippen LogP contribution in [-0.2, 0) is 4.79 Å². The van der Waals surface area contributed by atoms with Crippen LogP contribution in [0.2, 0.25) is 0 Å². The van der Waals surface area contributed by atoms with E-state index in [2.05, 4.69) is 32.2 Å². The molecule has 0 fully saturated rings. The van der Waals surface area contributed by atoms with Gasteiger partial charge < -0.3 is 10.1 Å². The summed E-state index contributed by atoms with van der Waals surface area (Å²) in [5.41, 5.74) is 3.58. The lowest BCUT2D eigenvalue weighted by Gasteiger charge is -2.15. The average Bonchev–Trinajstić information content (AvgIpc) is 2.53. The largest absolute Gasteiger partial charge is 0.484 e. The van der Waals surface area contributed by atoms with Crippen LogP contribution in [0.1, 0.15) is 49.4 Å². The molecule has 0 saturated heterocycles. The van der Waals surface area contributed by atoms with Gasteiger partial charge in [-0.2, -0.15) is 0 Å². The molecule has 122 valence electrons. The van der Waals surface area contributed by atoms with Crippen molar-refractivity contribution in [3.8, 4) is 5.75 Å². The van der Waals surface area contributed by atoms with Gasteiger partial charge in [-0.05, 0) is 48.6 Å². The van der Waals surface area contributed by atoms with Gasteiger partial charge in [-0.3, -0.25) is 4.79 Å². The molecule has 0 aliphatic heterocycles. The third kappa shape index (κ3) is 4.85. The fourth-order valence-electron chi connectivity index (χ4n) is 2.64. The first kappa shape index (κ1) is 17.1. The Kier molecular flexibility index (Phi) is 5.80. The van der Waals surface area contributed by atoms with Gasteiger partial charge in [-0.1, -0.05) is 50.2 Å². The Morgan fingerprint density at radius 2 is 1.78 bits per heavy atom. The summed E-state index contributed by atoms with van der Waals surface area (Å²) < 4.78 is 5.61. The van der Waals surface area contributed by atoms with E-state index >= 15 is 0 Å². The van der Waals surface area contributed by atoms with E-state index in [4.69, 9.17) is 4.74 Å². The standard InChI is InChI=1S/C20H25NO2/c1-14(2)19-11-10-18(12-15(19)3)23-13-20(22)21-16(4)17-8-6-5-7-9-17/h5-12,14,16H,13H2,1-4H3,(H,21,22). The van der Waals surface area contributed by atoms with Crippen molar-refractivity contribution < 1.29 is 9.53 Å². The molecule has 0 aromatic heterocycles. The van der Waals surface area contributed by atoms with Crippen molar-refractivity contribution in [3.63, 3.8) is 0 Å². The van der Waals surface area contributed by atoms with Crippen LogP contribution in [-0.4, -0.2) is 12.5 Å². The quantitative estimate of drug-likeness (QED) is 0.860. The number of benzene rings is 2. The Balaban J connectivity index is 1.88. The van der Waals surface area contributed by atoms with Crippen molar-refractivity contribution in [3.05, 3.63) is 65.2 Å². The smallest absolute Gasteiger partial charge is 0.258 e. The number of amides is 1. The summed E-state index contributed by atoms with van der Waals surface area (Å²) in [5, 5.41) is 2.95. The molecule has 0 aliphatic carbocycles. The van der Waals surface area contributed by atoms with Crippen LogP contribution in [0.5, 0.6) is 5.75 Å². The molecule has 3 heteroatoms. The van der Waals surface area contributed by atoms with Crippen molar-refractivity contribution in [1.82, 2.24) is 5.32 Å². The molecule has 3 nitrogen and oxygen atoms in total. The normalized spacial score (nSPS) is 12.0. The highest BCUT2D eigenvalue weighted by Gasteiger charge is 2.10. The molecule has 1 atom stereocenters. The van der Waals surface area contributed by atoms with E-state index < -0.39 is 0 Å². The topological polar surface area (TPSA) is 38.3 Å². The number of aryl methyl sites for hydroxylation is 1. The highest BCUT2D eigenvalue weighted by atomic mass is 16.5. The Bertz CT molecular complexity index is 650. The number of ether oxygens (including phenoxy) is 1. The van der Waals surface area contributed by atoms with Crippen LogP contribution >= 0.6 is 0 Å². The second-order valence-electron chi connectivity index (χ2n) is 6.16. The monoisotopic (exact) mass is 311 g/mol. The second-order valence-corrected chi connectivity index (χ2v) is 6.16. The van der Waals surface area contributed by atoms with Crippen molar-refractivity contribution in [2.24, 2.45) is 0 Å². The van der Waals surface area contributed by atoms with Crippen LogP contribution in [0.4, 0.5) is 0 Å². The summed E-state index contributed by atoms with van der Waals surface area (Å²) in [4.78, 5) is 12.0. The van der Waals surface area contributed by atoms with Gasteiger partial charge >= 0.3 is 0 Å². The zero-order valence-electron chi connectivity index (χ0n) is 14.3. The number of nitrogens with one attached hydrogen (secondary N) is 1. The van der Waals surface area contributed by atoms with Gasteiger partial charge in [0, 0.05) is 0 Å². The number of carbonyl (C=O) groups is 1. The number of carbonyl (C=O) groups excluding carboxylic acids is 1. The van der Waals surface area contributed by atoms with Gasteiger partial charge in [0.15, 0.2) is 6.61 Å². The minimum absolute atomic E-state index is 0.0254. The highest BCUT2D eigenvalue weighted by molar-refractivity contribution is 5.78. The molecule has 23 heavy (non-hydrogen) atoms. The SMILES string of the molecule is Cc1cc(OCC(=O)NC(C)c2ccccc2)ccc1C(C)C. The molecule has 1 N–H and O–H groups in total. The first-order chi connectivity index (χ1) is 11.0. The number of rotatable bonds is 6. The third-order valence-electron chi connectivity index (χ3n) is 3.91. The van der Waals surface area contributed by atoms with E-state index in [1.165, 1.54) is 11.1 Å². The zero-order chi connectivity index (χ0) is 16.8. The predicted octanol–water partition coefficient (Wildman–Crippen LogP) is 4.37. The zero-order valence-corrected chi connectivity index (χ0v) is 14.3. The molecule has 0 saturated carbocycles. The first-order valence-corrected chi connectivity index (χ1v) is 8.05. The lowest BCUT2D eigenvalue weighted by atomic mass is 9.98. The van der Waals surface area contributed by atoms with Gasteiger partial charge in [0.25, 0.3) is 5.91 Å². The molecule has 0 radical (unpaired) electrons. The molecule has 0 aliphatic rings. The lowest BCUT2D eigenvalue weighted by Crippen LogP contribution is -2.31. The summed E-state index contributed by atoms with van der Waals surface area (Å²) in [6.45, 7) is 8.40. The summed E-state index contributed by atoms with van der Waals surface area (Å²) in [6.07, 6.45) is 0. The third-order valence-corrected chi connectivity index (χ3v) is 3.91. The predicted molar refractivity (Wildman–Crippen MR) is 93.8 cm³/mol. The molecule has 0 spiro atoms. The molecular weight excluding hydrogens is 286 g/mol. The molecule has 1 unspecified atom stereocenters. The lowest BCUT2D eigenvalue weighted by molar-refractivity contribution is -0.123. The summed E-state index contributed by atoms with van der Waals surface area (Å²) in [6, 6.07) is 15.8. The molecular formula is C20H25NO2. The van der Waals surface area contributed by atoms with Crippen molar-refractivity contribution in [2.45, 2.75) is 39.7 Å². The van der Waals surface area contributed by atoms with Crippen molar-refractivity contribution in [1.29, 1.82) is 0 Å². The Morgan fingerprint density at radius 3 is 2.39 bits per heavy atom. The van der Waals surface area contributed by atoms with E-state index in [0.717, 1.165) is 11.3 Å². The number of hydrogen-bond acceptors (Lipinski definition) is 2.